The molecule has 0 bridgehead atoms. The second-order valence-corrected chi connectivity index (χ2v) is 15.3. The lowest BCUT2D eigenvalue weighted by Gasteiger charge is -2.43. The number of rotatable bonds is 6. The van der Waals surface area contributed by atoms with Crippen molar-refractivity contribution >= 4 is 33.4 Å². The topological polar surface area (TPSA) is 138 Å². The van der Waals surface area contributed by atoms with Gasteiger partial charge in [-0.2, -0.15) is 0 Å². The van der Waals surface area contributed by atoms with Crippen molar-refractivity contribution in [3.05, 3.63) is 42.1 Å². The van der Waals surface area contributed by atoms with Gasteiger partial charge in [0.2, 0.25) is 5.91 Å². The molecular formula is C33H45N5O7S. The van der Waals surface area contributed by atoms with Crippen LogP contribution in [0.2, 0.25) is 0 Å². The Bertz CT molecular complexity index is 1530. The molecule has 0 spiro atoms. The number of likely N-dealkylation sites (tertiary alicyclic amines) is 2. The monoisotopic (exact) mass is 655 g/mol. The van der Waals surface area contributed by atoms with Crippen LogP contribution in [-0.2, 0) is 24.1 Å². The van der Waals surface area contributed by atoms with Crippen LogP contribution in [0.15, 0.2) is 41.4 Å². The zero-order chi connectivity index (χ0) is 33.1. The minimum atomic E-state index is -3.37. The molecule has 46 heavy (non-hydrogen) atoms. The molecule has 1 N–H and O–H groups in total. The van der Waals surface area contributed by atoms with Gasteiger partial charge in [-0.15, -0.1) is 0 Å². The summed E-state index contributed by atoms with van der Waals surface area (Å²) >= 11 is 0. The van der Waals surface area contributed by atoms with Gasteiger partial charge in [0, 0.05) is 50.6 Å². The van der Waals surface area contributed by atoms with Crippen LogP contribution in [0.5, 0.6) is 0 Å². The number of piperidine rings is 2. The Labute approximate surface area is 271 Å². The first-order chi connectivity index (χ1) is 21.8. The zero-order valence-corrected chi connectivity index (χ0v) is 28.0. The fourth-order valence-corrected chi connectivity index (χ4v) is 6.99. The number of carbonyl (C=O) groups is 3. The van der Waals surface area contributed by atoms with Crippen molar-refractivity contribution in [1.29, 1.82) is 0 Å². The standard InChI is InChI=1S/C33H45N5O7S/c1-33(2,3)45-32(41)35-29-21-34-28(23-7-9-26(10-8-23)46(4,42)43)20-27(29)31(40)36-14-11-25(12-15-36)38-13-5-6-24(22-38)30(39)37-16-18-44-19-17-37/h7-10,20-21,24-25H,5-6,11-19,22H2,1-4H3,(H,35,41). The summed E-state index contributed by atoms with van der Waals surface area (Å²) in [6, 6.07) is 8.22. The van der Waals surface area contributed by atoms with Crippen LogP contribution in [0.1, 0.15) is 56.8 Å². The Kier molecular flexibility index (Phi) is 10.3. The molecule has 1 unspecified atom stereocenters. The molecule has 3 fully saturated rings. The molecule has 1 aromatic heterocycles. The van der Waals surface area contributed by atoms with E-state index in [1.54, 1.807) is 43.9 Å². The predicted octanol–water partition coefficient (Wildman–Crippen LogP) is 3.67. The van der Waals surface area contributed by atoms with E-state index in [4.69, 9.17) is 9.47 Å². The molecule has 3 aliphatic rings. The molecule has 3 amide bonds. The van der Waals surface area contributed by atoms with E-state index in [9.17, 15) is 22.8 Å². The average Bonchev–Trinajstić information content (AvgIpc) is 3.03. The maximum Gasteiger partial charge on any atom is 0.412 e. The van der Waals surface area contributed by atoms with Crippen molar-refractivity contribution in [3.63, 3.8) is 0 Å². The van der Waals surface area contributed by atoms with Gasteiger partial charge in [0.15, 0.2) is 9.84 Å². The molecule has 1 atom stereocenters. The number of sulfone groups is 1. The van der Waals surface area contributed by atoms with E-state index in [0.717, 1.165) is 45.0 Å². The minimum absolute atomic E-state index is 0.00487. The average molecular weight is 656 g/mol. The second kappa shape index (κ2) is 14.1. The third-order valence-electron chi connectivity index (χ3n) is 8.74. The molecule has 2 aromatic rings. The van der Waals surface area contributed by atoms with E-state index >= 15 is 0 Å². The number of amides is 3. The Morgan fingerprint density at radius 2 is 1.63 bits per heavy atom. The molecule has 1 aromatic carbocycles. The van der Waals surface area contributed by atoms with E-state index in [1.807, 2.05) is 4.90 Å². The van der Waals surface area contributed by atoms with Crippen molar-refractivity contribution in [3.8, 4) is 11.3 Å². The Morgan fingerprint density at radius 1 is 0.957 bits per heavy atom. The van der Waals surface area contributed by atoms with E-state index in [-0.39, 0.29) is 39.9 Å². The van der Waals surface area contributed by atoms with Gasteiger partial charge >= 0.3 is 6.09 Å². The Balaban J connectivity index is 1.29. The lowest BCUT2D eigenvalue weighted by molar-refractivity contribution is -0.141. The second-order valence-electron chi connectivity index (χ2n) is 13.3. The number of morpholine rings is 1. The van der Waals surface area contributed by atoms with Crippen molar-refractivity contribution in [1.82, 2.24) is 19.7 Å². The summed E-state index contributed by atoms with van der Waals surface area (Å²) < 4.78 is 34.7. The number of anilines is 1. The van der Waals surface area contributed by atoms with Crippen LogP contribution in [0.3, 0.4) is 0 Å². The number of hydrogen-bond acceptors (Lipinski definition) is 9. The first-order valence-electron chi connectivity index (χ1n) is 16.0. The lowest BCUT2D eigenvalue weighted by Crippen LogP contribution is -2.53. The lowest BCUT2D eigenvalue weighted by atomic mass is 9.92. The highest BCUT2D eigenvalue weighted by Gasteiger charge is 2.35. The molecule has 0 saturated carbocycles. The van der Waals surface area contributed by atoms with Crippen molar-refractivity contribution < 1.29 is 32.3 Å². The van der Waals surface area contributed by atoms with Crippen LogP contribution in [0.4, 0.5) is 10.5 Å². The van der Waals surface area contributed by atoms with Gasteiger partial charge in [-0.05, 0) is 71.2 Å². The van der Waals surface area contributed by atoms with Crippen LogP contribution >= 0.6 is 0 Å². The van der Waals surface area contributed by atoms with E-state index in [2.05, 4.69) is 15.2 Å². The van der Waals surface area contributed by atoms with Crippen LogP contribution in [0, 0.1) is 5.92 Å². The largest absolute Gasteiger partial charge is 0.444 e. The number of nitrogens with zero attached hydrogens (tertiary/aromatic N) is 4. The molecule has 5 rings (SSSR count). The normalized spacial score (nSPS) is 20.3. The van der Waals surface area contributed by atoms with Gasteiger partial charge in [0.25, 0.3) is 5.91 Å². The number of ether oxygens (including phenoxy) is 2. The molecule has 13 heteroatoms. The third kappa shape index (κ3) is 8.42. The highest BCUT2D eigenvalue weighted by molar-refractivity contribution is 7.90. The van der Waals surface area contributed by atoms with E-state index in [0.29, 0.717) is 50.7 Å². The molecule has 3 saturated heterocycles. The smallest absolute Gasteiger partial charge is 0.412 e. The van der Waals surface area contributed by atoms with Crippen LogP contribution < -0.4 is 5.32 Å². The summed E-state index contributed by atoms with van der Waals surface area (Å²) in [7, 11) is -3.37. The molecular weight excluding hydrogens is 610 g/mol. The van der Waals surface area contributed by atoms with Crippen molar-refractivity contribution in [2.24, 2.45) is 5.92 Å². The summed E-state index contributed by atoms with van der Waals surface area (Å²) in [6.07, 6.45) is 5.32. The number of carbonyl (C=O) groups excluding carboxylic acids is 3. The summed E-state index contributed by atoms with van der Waals surface area (Å²) in [5.74, 6) is -0.0141. The van der Waals surface area contributed by atoms with Gasteiger partial charge in [-0.1, -0.05) is 12.1 Å². The summed E-state index contributed by atoms with van der Waals surface area (Å²) in [5, 5.41) is 2.70. The molecule has 3 aliphatic heterocycles. The van der Waals surface area contributed by atoms with Gasteiger partial charge in [-0.3, -0.25) is 24.8 Å². The van der Waals surface area contributed by atoms with Crippen molar-refractivity contribution in [2.45, 2.75) is 63.0 Å². The highest BCUT2D eigenvalue weighted by Crippen LogP contribution is 2.29. The molecule has 0 radical (unpaired) electrons. The van der Waals surface area contributed by atoms with Gasteiger partial charge in [-0.25, -0.2) is 13.2 Å². The molecule has 12 nitrogen and oxygen atoms in total. The van der Waals surface area contributed by atoms with Crippen LogP contribution in [-0.4, -0.2) is 116 Å². The van der Waals surface area contributed by atoms with Gasteiger partial charge < -0.3 is 19.3 Å². The zero-order valence-electron chi connectivity index (χ0n) is 27.2. The molecule has 250 valence electrons. The minimum Gasteiger partial charge on any atom is -0.444 e. The Morgan fingerprint density at radius 3 is 2.26 bits per heavy atom. The SMILES string of the molecule is CC(C)(C)OC(=O)Nc1cnc(-c2ccc(S(C)(=O)=O)cc2)cc1C(=O)N1CCC(N2CCCC(C(=O)N3CCOCC3)C2)CC1. The number of benzene rings is 1. The summed E-state index contributed by atoms with van der Waals surface area (Å²) in [4.78, 5) is 50.7. The van der Waals surface area contributed by atoms with E-state index in [1.165, 1.54) is 18.3 Å². The van der Waals surface area contributed by atoms with Crippen molar-refractivity contribution in [2.75, 3.05) is 64.1 Å². The fourth-order valence-electron chi connectivity index (χ4n) is 6.36. The highest BCUT2D eigenvalue weighted by atomic mass is 32.2. The van der Waals surface area contributed by atoms with Gasteiger partial charge in [0.1, 0.15) is 5.60 Å². The number of nitrogens with one attached hydrogen (secondary N) is 1. The molecule has 4 heterocycles. The number of pyridine rings is 1. The Hall–Kier alpha value is -3.55. The molecule has 0 aliphatic carbocycles. The fraction of sp³-hybridized carbons (Fsp3) is 0.576. The number of aromatic nitrogens is 1. The first kappa shape index (κ1) is 33.8. The van der Waals surface area contributed by atoms with Crippen LogP contribution in [0.25, 0.3) is 11.3 Å². The quantitative estimate of drug-likeness (QED) is 0.494. The summed E-state index contributed by atoms with van der Waals surface area (Å²) in [6.45, 7) is 10.5. The van der Waals surface area contributed by atoms with E-state index < -0.39 is 21.5 Å². The predicted molar refractivity (Wildman–Crippen MR) is 173 cm³/mol. The first-order valence-corrected chi connectivity index (χ1v) is 17.9. The maximum absolute atomic E-state index is 14.0. The number of hydrogen-bond donors (Lipinski definition) is 1. The maximum atomic E-state index is 14.0. The third-order valence-corrected chi connectivity index (χ3v) is 9.87. The summed E-state index contributed by atoms with van der Waals surface area (Å²) in [5.41, 5.74) is 0.882. The van der Waals surface area contributed by atoms with Gasteiger partial charge in [0.05, 0.1) is 47.2 Å².